The predicted octanol–water partition coefficient (Wildman–Crippen LogP) is -4.49. The molecule has 27 N–H and O–H groups in total. The van der Waals surface area contributed by atoms with Gasteiger partial charge in [0.05, 0.1) is 12.7 Å². The lowest BCUT2D eigenvalue weighted by Crippen LogP contribution is -2.62. The number of benzene rings is 1. The molecule has 0 aliphatic heterocycles. The quantitative estimate of drug-likeness (QED) is 0.0166. The number of phenolic OH excluding ortho intramolecular Hbond substituents is 1. The van der Waals surface area contributed by atoms with E-state index in [9.17, 15) is 68.1 Å². The highest BCUT2D eigenvalue weighted by Gasteiger charge is 2.37. The number of guanidine groups is 2. The first-order valence-corrected chi connectivity index (χ1v) is 33.6. The maximum absolute atomic E-state index is 14.4. The van der Waals surface area contributed by atoms with E-state index in [1.165, 1.54) is 49.9 Å². The zero-order valence-electron chi connectivity index (χ0n) is 56.2. The summed E-state index contributed by atoms with van der Waals surface area (Å²) in [4.78, 5) is 160. The Bertz CT molecular complexity index is 2660. The second kappa shape index (κ2) is 46.1. The number of hydrogen-bond donors (Lipinski definition) is 20. The smallest absolute Gasteiger partial charge is 0.245 e. The van der Waals surface area contributed by atoms with Gasteiger partial charge in [-0.3, -0.25) is 62.7 Å². The van der Waals surface area contributed by atoms with Gasteiger partial charge in [0.2, 0.25) is 65.0 Å². The number of nitrogens with two attached hydrogens (primary N) is 7. The molecule has 1 aromatic carbocycles. The van der Waals surface area contributed by atoms with Gasteiger partial charge in [-0.2, -0.15) is 11.8 Å². The number of phenols is 1. The monoisotopic (exact) mass is 1360 g/mol. The topological polar surface area (TPSA) is 576 Å². The van der Waals surface area contributed by atoms with Crippen molar-refractivity contribution in [2.24, 2.45) is 67.9 Å². The van der Waals surface area contributed by atoms with Crippen molar-refractivity contribution in [1.29, 1.82) is 0 Å². The molecule has 95 heavy (non-hydrogen) atoms. The number of hydrogen-bond acceptors (Lipinski definition) is 19. The molecule has 0 spiro atoms. The number of aliphatic imine (C=N–C) groups is 2. The van der Waals surface area contributed by atoms with Gasteiger partial charge >= 0.3 is 0 Å². The SMILES string of the molecule is CSCC[C@H](NC(=O)[C@H](CO)NC(=O)[C@H](CCCN=C(N)N)NC(=O)[C@H](CC(C)C)NC(=O)[C@@H](C)CCCCN)C(=O)N[C@H](C(=O)N[C@@H](C)C(=O)N[C@@H](CCCCN)C(=O)N[C@@H](Cc1ccc(O)cc1)C(=O)N[C@@H](CCCN=C(N)N)C(=O)N[C@@H](CC(C)C)C(N)=O)[C@@H](C)O. The molecule has 0 saturated heterocycles. The number of aliphatic hydroxyl groups is 2. The number of primary amides is 1. The Hall–Kier alpha value is -8.08. The lowest BCUT2D eigenvalue weighted by atomic mass is 9.99. The lowest BCUT2D eigenvalue weighted by Gasteiger charge is -2.28. The van der Waals surface area contributed by atoms with E-state index in [1.54, 1.807) is 13.2 Å². The number of rotatable bonds is 48. The fraction of sp³-hybridized carbons (Fsp3) is 0.689. The third kappa shape index (κ3) is 34.8. The van der Waals surface area contributed by atoms with Crippen molar-refractivity contribution < 1.29 is 68.1 Å². The van der Waals surface area contributed by atoms with Crippen LogP contribution in [-0.2, 0) is 59.2 Å². The Morgan fingerprint density at radius 2 is 0.842 bits per heavy atom. The Balaban J connectivity index is 3.50. The van der Waals surface area contributed by atoms with Crippen LogP contribution >= 0.6 is 11.8 Å². The van der Waals surface area contributed by atoms with E-state index in [1.807, 2.05) is 27.7 Å². The Labute approximate surface area is 560 Å². The molecule has 1 aromatic rings. The van der Waals surface area contributed by atoms with Crippen LogP contribution in [0.15, 0.2) is 34.3 Å². The van der Waals surface area contributed by atoms with Crippen molar-refractivity contribution in [2.75, 3.05) is 44.8 Å². The van der Waals surface area contributed by atoms with Gasteiger partial charge in [-0.25, -0.2) is 0 Å². The number of unbranched alkanes of at least 4 members (excludes halogenated alkanes) is 2. The molecule has 12 atom stereocenters. The van der Waals surface area contributed by atoms with Crippen molar-refractivity contribution in [3.8, 4) is 5.75 Å². The van der Waals surface area contributed by atoms with Crippen LogP contribution in [0.2, 0.25) is 0 Å². The van der Waals surface area contributed by atoms with Crippen molar-refractivity contribution >= 4 is 88.7 Å². The van der Waals surface area contributed by atoms with Gasteiger partial charge in [0, 0.05) is 25.4 Å². The average molecular weight is 1360 g/mol. The van der Waals surface area contributed by atoms with Crippen LogP contribution in [0.5, 0.6) is 5.75 Å². The summed E-state index contributed by atoms with van der Waals surface area (Å²) in [5.74, 6) is -10.2. The summed E-state index contributed by atoms with van der Waals surface area (Å²) in [6, 6.07) is -8.36. The van der Waals surface area contributed by atoms with E-state index in [-0.39, 0.29) is 125 Å². The maximum atomic E-state index is 14.4. The first-order valence-electron chi connectivity index (χ1n) is 32.2. The van der Waals surface area contributed by atoms with Crippen LogP contribution in [-0.4, -0.2) is 204 Å². The number of amides is 11. The number of nitrogens with one attached hydrogen (secondary N) is 10. The standard InChI is InChI=1S/C61H109N19O14S/c1-33(2)29-44(49(64)84)76-52(87)41(17-13-26-69-60(65)66)74-57(92)46(31-38-19-21-39(83)22-20-38)78-53(88)40(16-10-12-25-63)72-51(86)36(6)71-59(94)48(37(7)82)80-55(90)43(23-28-95-8)75-58(93)47(32-81)79-54(89)42(18-14-27-70-61(67)68)73-56(91)45(30-34(3)4)77-50(85)35(5)15-9-11-24-62/h19-22,33-37,40-48,81-83H,9-18,23-32,62-63H2,1-8H3,(H2,64,84)(H,71,94)(H,72,86)(H,73,91)(H,74,92)(H,75,93)(H,76,87)(H,77,85)(H,78,88)(H,79,89)(H,80,90)(H4,65,66,69)(H4,67,68,70)/t35-,36-,37+,40-,41-,42-,43-,44-,45-,46-,47-,48-/m0/s1. The highest BCUT2D eigenvalue weighted by molar-refractivity contribution is 7.98. The summed E-state index contributed by atoms with van der Waals surface area (Å²) in [6.45, 7) is 11.3. The minimum Gasteiger partial charge on any atom is -0.508 e. The molecule has 34 heteroatoms. The van der Waals surface area contributed by atoms with Gasteiger partial charge in [0.15, 0.2) is 11.9 Å². The highest BCUT2D eigenvalue weighted by Crippen LogP contribution is 2.16. The molecule has 33 nitrogen and oxygen atoms in total. The molecule has 0 aliphatic rings. The third-order valence-electron chi connectivity index (χ3n) is 14.9. The summed E-state index contributed by atoms with van der Waals surface area (Å²) in [6.07, 6.45) is 3.01. The van der Waals surface area contributed by atoms with Gasteiger partial charge in [0.1, 0.15) is 66.2 Å². The first-order chi connectivity index (χ1) is 44.8. The normalized spacial score (nSPS) is 15.0. The van der Waals surface area contributed by atoms with Crippen LogP contribution in [0, 0.1) is 17.8 Å². The molecular weight excluding hydrogens is 1250 g/mol. The zero-order chi connectivity index (χ0) is 71.9. The van der Waals surface area contributed by atoms with Crippen LogP contribution in [0.25, 0.3) is 0 Å². The fourth-order valence-electron chi connectivity index (χ4n) is 9.50. The predicted molar refractivity (Wildman–Crippen MR) is 361 cm³/mol. The highest BCUT2D eigenvalue weighted by atomic mass is 32.2. The zero-order valence-corrected chi connectivity index (χ0v) is 57.0. The second-order valence-electron chi connectivity index (χ2n) is 24.3. The molecule has 0 radical (unpaired) electrons. The fourth-order valence-corrected chi connectivity index (χ4v) is 9.97. The lowest BCUT2D eigenvalue weighted by molar-refractivity contribution is -0.137. The van der Waals surface area contributed by atoms with E-state index in [0.717, 1.165) is 0 Å². The van der Waals surface area contributed by atoms with Crippen molar-refractivity contribution in [1.82, 2.24) is 53.2 Å². The van der Waals surface area contributed by atoms with Crippen LogP contribution in [0.1, 0.15) is 138 Å². The third-order valence-corrected chi connectivity index (χ3v) is 15.5. The van der Waals surface area contributed by atoms with E-state index in [0.29, 0.717) is 37.8 Å². The maximum Gasteiger partial charge on any atom is 0.245 e. The minimum absolute atomic E-state index is 0.0344. The number of aliphatic hydroxyl groups excluding tert-OH is 2. The largest absolute Gasteiger partial charge is 0.508 e. The van der Waals surface area contributed by atoms with Crippen molar-refractivity contribution in [3.63, 3.8) is 0 Å². The van der Waals surface area contributed by atoms with E-state index < -0.39 is 138 Å². The molecule has 0 aliphatic carbocycles. The summed E-state index contributed by atoms with van der Waals surface area (Å²) in [7, 11) is 0. The van der Waals surface area contributed by atoms with Crippen LogP contribution < -0.4 is 93.3 Å². The molecule has 0 heterocycles. The number of thioether (sulfide) groups is 1. The van der Waals surface area contributed by atoms with Gasteiger partial charge in [-0.15, -0.1) is 0 Å². The molecule has 0 aromatic heterocycles. The van der Waals surface area contributed by atoms with Gasteiger partial charge < -0.3 is 109 Å². The van der Waals surface area contributed by atoms with Gasteiger partial charge in [-0.1, -0.05) is 53.2 Å². The summed E-state index contributed by atoms with van der Waals surface area (Å²) in [5, 5.41) is 57.1. The van der Waals surface area contributed by atoms with Crippen molar-refractivity contribution in [2.45, 2.75) is 205 Å². The molecule has 1 rings (SSSR count). The average Bonchev–Trinajstić information content (AvgIpc) is 1.37. The first kappa shape index (κ1) is 84.9. The molecular formula is C61H109N19O14S. The Morgan fingerprint density at radius 1 is 0.453 bits per heavy atom. The second-order valence-corrected chi connectivity index (χ2v) is 25.3. The number of carbonyl (C=O) groups is 11. The van der Waals surface area contributed by atoms with Crippen molar-refractivity contribution in [3.05, 3.63) is 29.8 Å². The Morgan fingerprint density at radius 3 is 1.29 bits per heavy atom. The molecule has 538 valence electrons. The van der Waals surface area contributed by atoms with Gasteiger partial charge in [0.25, 0.3) is 0 Å². The van der Waals surface area contributed by atoms with Gasteiger partial charge in [-0.05, 0) is 146 Å². The van der Waals surface area contributed by atoms with E-state index in [4.69, 9.17) is 40.1 Å². The summed E-state index contributed by atoms with van der Waals surface area (Å²) < 4.78 is 0. The van der Waals surface area contributed by atoms with Crippen LogP contribution in [0.3, 0.4) is 0 Å². The number of carbonyl (C=O) groups excluding carboxylic acids is 11. The van der Waals surface area contributed by atoms with Crippen LogP contribution in [0.4, 0.5) is 0 Å². The molecule has 0 bridgehead atoms. The molecule has 0 unspecified atom stereocenters. The molecule has 0 saturated carbocycles. The summed E-state index contributed by atoms with van der Waals surface area (Å²) >= 11 is 1.29. The summed E-state index contributed by atoms with van der Waals surface area (Å²) in [5.41, 5.74) is 39.5. The van der Waals surface area contributed by atoms with E-state index >= 15 is 0 Å². The van der Waals surface area contributed by atoms with E-state index in [2.05, 4.69) is 63.2 Å². The molecule has 11 amide bonds. The number of nitrogens with zero attached hydrogens (tertiary/aromatic N) is 2. The molecule has 0 fully saturated rings. The number of aromatic hydroxyl groups is 1. The minimum atomic E-state index is -1.77. The Kier molecular flexibility index (Phi) is 41.2.